The van der Waals surface area contributed by atoms with Gasteiger partial charge in [0.15, 0.2) is 0 Å². The number of azide groups is 1. The molecular weight excluding hydrogens is 562 g/mol. The van der Waals surface area contributed by atoms with Crippen molar-refractivity contribution < 1.29 is 22.0 Å². The van der Waals surface area contributed by atoms with Crippen LogP contribution in [0.25, 0.3) is 10.4 Å². The van der Waals surface area contributed by atoms with Gasteiger partial charge in [0, 0.05) is 27.5 Å². The predicted octanol–water partition coefficient (Wildman–Crippen LogP) is 5.87. The Hall–Kier alpha value is -3.57. The minimum Gasteiger partial charge on any atom is -0.324 e. The summed E-state index contributed by atoms with van der Waals surface area (Å²) in [5, 5.41) is 6.41. The molecule has 1 aliphatic carbocycles. The highest BCUT2D eigenvalue weighted by molar-refractivity contribution is 7.90. The van der Waals surface area contributed by atoms with Crippen molar-refractivity contribution in [1.29, 1.82) is 0 Å². The smallest absolute Gasteiger partial charge is 0.234 e. The highest BCUT2D eigenvalue weighted by Crippen LogP contribution is 2.33. The Bertz CT molecular complexity index is 1530. The maximum atomic E-state index is 14.9. The molecule has 9 nitrogen and oxygen atoms in total. The van der Waals surface area contributed by atoms with Crippen molar-refractivity contribution in [2.24, 2.45) is 5.11 Å². The summed E-state index contributed by atoms with van der Waals surface area (Å²) in [6.07, 6.45) is 3.85. The van der Waals surface area contributed by atoms with E-state index in [2.05, 4.69) is 25.0 Å². The van der Waals surface area contributed by atoms with Crippen molar-refractivity contribution in [3.8, 4) is 0 Å². The van der Waals surface area contributed by atoms with Crippen LogP contribution < -0.4 is 10.0 Å². The lowest BCUT2D eigenvalue weighted by molar-refractivity contribution is -0.117. The number of nitrogens with one attached hydrogen (secondary N) is 2. The minimum atomic E-state index is -3.42. The number of hydrogen-bond donors (Lipinski definition) is 2. The lowest BCUT2D eigenvalue weighted by Crippen LogP contribution is -2.35. The Morgan fingerprint density at radius 1 is 1.18 bits per heavy atom. The van der Waals surface area contributed by atoms with Crippen molar-refractivity contribution in [3.05, 3.63) is 105 Å². The first kappa shape index (κ1) is 29.4. The average molecular weight is 589 g/mol. The monoisotopic (exact) mass is 588 g/mol. The van der Waals surface area contributed by atoms with Crippen LogP contribution in [0.2, 0.25) is 5.02 Å². The van der Waals surface area contributed by atoms with E-state index in [0.717, 1.165) is 6.20 Å². The van der Waals surface area contributed by atoms with Crippen molar-refractivity contribution in [2.45, 2.75) is 55.9 Å². The van der Waals surface area contributed by atoms with Crippen LogP contribution in [0.3, 0.4) is 0 Å². The molecule has 1 amide bonds. The summed E-state index contributed by atoms with van der Waals surface area (Å²) >= 11 is 6.03. The Labute approximate surface area is 235 Å². The number of carbonyl (C=O) groups excluding carboxylic acids is 1. The van der Waals surface area contributed by atoms with Gasteiger partial charge < -0.3 is 5.32 Å². The quantitative estimate of drug-likeness (QED) is 0.155. The SMILES string of the molecule is C[C@@H](CCc1c(F)cncc1NC(=O)[C@@H](N=[N+]=[N-])[C@@H](c1ccc(Cl)cc1)c1cccc(F)c1)NS(=O)(=O)C1CC1. The van der Waals surface area contributed by atoms with Gasteiger partial charge in [0.2, 0.25) is 15.9 Å². The van der Waals surface area contributed by atoms with Crippen LogP contribution in [-0.2, 0) is 21.2 Å². The molecule has 40 heavy (non-hydrogen) atoms. The minimum absolute atomic E-state index is 0.0505. The van der Waals surface area contributed by atoms with E-state index in [1.54, 1.807) is 37.3 Å². The molecule has 210 valence electrons. The van der Waals surface area contributed by atoms with Crippen LogP contribution in [0.4, 0.5) is 14.5 Å². The zero-order chi connectivity index (χ0) is 28.9. The van der Waals surface area contributed by atoms with Crippen LogP contribution in [0.5, 0.6) is 0 Å². The van der Waals surface area contributed by atoms with Gasteiger partial charge in [-0.15, -0.1) is 0 Å². The standard InChI is InChI=1S/C27H27ClF2N6O3S/c1-16(35-40(38,39)21-10-11-21)5-12-22-23(30)14-32-15-24(22)33-27(37)26(34-36-31)25(17-6-8-19(28)9-7-17)18-3-2-4-20(29)13-18/h2-4,6-9,13-16,21,25-26,35H,5,10-12H2,1H3,(H,33,37)/t16-,25-,26-/m0/s1. The summed E-state index contributed by atoms with van der Waals surface area (Å²) in [6.45, 7) is 1.69. The van der Waals surface area contributed by atoms with E-state index in [1.165, 1.54) is 24.4 Å². The molecule has 3 atom stereocenters. The molecule has 1 aromatic heterocycles. The molecule has 1 fully saturated rings. The summed E-state index contributed by atoms with van der Waals surface area (Å²) in [6, 6.07) is 10.2. The Balaban J connectivity index is 1.60. The van der Waals surface area contributed by atoms with Crippen LogP contribution >= 0.6 is 11.6 Å². The van der Waals surface area contributed by atoms with Gasteiger partial charge in [0.1, 0.15) is 17.7 Å². The molecule has 0 saturated heterocycles. The number of pyridine rings is 1. The number of amides is 1. The molecule has 3 aromatic rings. The number of anilines is 1. The van der Waals surface area contributed by atoms with E-state index in [1.807, 2.05) is 0 Å². The maximum absolute atomic E-state index is 14.9. The van der Waals surface area contributed by atoms with Gasteiger partial charge in [-0.25, -0.2) is 21.9 Å². The summed E-state index contributed by atoms with van der Waals surface area (Å²) in [5.74, 6) is -2.89. The third-order valence-electron chi connectivity index (χ3n) is 6.62. The van der Waals surface area contributed by atoms with Crippen LogP contribution in [0, 0.1) is 11.6 Å². The number of nitrogens with zero attached hydrogens (tertiary/aromatic N) is 4. The van der Waals surface area contributed by atoms with Crippen LogP contribution in [-0.4, -0.2) is 36.6 Å². The van der Waals surface area contributed by atoms with Crippen LogP contribution in [0.1, 0.15) is 48.8 Å². The molecule has 1 aliphatic rings. The van der Waals surface area contributed by atoms with E-state index >= 15 is 0 Å². The number of benzene rings is 2. The van der Waals surface area contributed by atoms with Crippen molar-refractivity contribution in [3.63, 3.8) is 0 Å². The molecule has 4 rings (SSSR count). The fraction of sp³-hybridized carbons (Fsp3) is 0.333. The van der Waals surface area contributed by atoms with E-state index in [9.17, 15) is 27.5 Å². The fourth-order valence-electron chi connectivity index (χ4n) is 4.46. The third-order valence-corrected chi connectivity index (χ3v) is 8.95. The van der Waals surface area contributed by atoms with Crippen molar-refractivity contribution >= 4 is 33.2 Å². The summed E-state index contributed by atoms with van der Waals surface area (Å²) in [4.78, 5) is 20.3. The first-order valence-electron chi connectivity index (χ1n) is 12.6. The van der Waals surface area contributed by atoms with E-state index in [4.69, 9.17) is 11.6 Å². The van der Waals surface area contributed by atoms with E-state index in [0.29, 0.717) is 29.0 Å². The molecule has 1 saturated carbocycles. The van der Waals surface area contributed by atoms with Gasteiger partial charge in [0.25, 0.3) is 0 Å². The fourth-order valence-corrected chi connectivity index (χ4v) is 6.21. The normalized spacial score (nSPS) is 15.5. The Morgan fingerprint density at radius 3 is 2.55 bits per heavy atom. The highest BCUT2D eigenvalue weighted by atomic mass is 35.5. The lowest BCUT2D eigenvalue weighted by Gasteiger charge is -2.25. The predicted molar refractivity (Wildman–Crippen MR) is 148 cm³/mol. The second-order valence-corrected chi connectivity index (χ2v) is 12.1. The molecule has 0 bridgehead atoms. The third kappa shape index (κ3) is 7.33. The van der Waals surface area contributed by atoms with Crippen molar-refractivity contribution in [1.82, 2.24) is 9.71 Å². The number of hydrogen-bond acceptors (Lipinski definition) is 5. The highest BCUT2D eigenvalue weighted by Gasteiger charge is 2.36. The van der Waals surface area contributed by atoms with E-state index in [-0.39, 0.29) is 29.3 Å². The zero-order valence-corrected chi connectivity index (χ0v) is 23.0. The molecule has 2 N–H and O–H groups in total. The molecular formula is C27H27ClF2N6O3S. The number of aromatic nitrogens is 1. The second kappa shape index (κ2) is 12.7. The molecule has 0 radical (unpaired) electrons. The maximum Gasteiger partial charge on any atom is 0.234 e. The molecule has 0 spiro atoms. The number of halogens is 3. The van der Waals surface area contributed by atoms with Gasteiger partial charge >= 0.3 is 0 Å². The Morgan fingerprint density at radius 2 is 1.90 bits per heavy atom. The number of rotatable bonds is 12. The summed E-state index contributed by atoms with van der Waals surface area (Å²) in [7, 11) is -3.42. The molecule has 1 heterocycles. The lowest BCUT2D eigenvalue weighted by atomic mass is 9.84. The zero-order valence-electron chi connectivity index (χ0n) is 21.5. The number of carbonyl (C=O) groups is 1. The molecule has 0 aliphatic heterocycles. The topological polar surface area (TPSA) is 137 Å². The molecule has 2 aromatic carbocycles. The van der Waals surface area contributed by atoms with Gasteiger partial charge in [0.05, 0.1) is 23.3 Å². The van der Waals surface area contributed by atoms with Crippen LogP contribution in [0.15, 0.2) is 66.0 Å². The molecule has 0 unspecified atom stereocenters. The molecule has 13 heteroatoms. The van der Waals surface area contributed by atoms with E-state index < -0.39 is 45.6 Å². The van der Waals surface area contributed by atoms with Gasteiger partial charge in [-0.3, -0.25) is 9.78 Å². The first-order valence-corrected chi connectivity index (χ1v) is 14.5. The Kier molecular flexibility index (Phi) is 9.36. The van der Waals surface area contributed by atoms with Gasteiger partial charge in [-0.2, -0.15) is 0 Å². The number of sulfonamides is 1. The van der Waals surface area contributed by atoms with Gasteiger partial charge in [-0.05, 0) is 73.5 Å². The average Bonchev–Trinajstić information content (AvgIpc) is 3.75. The summed E-state index contributed by atoms with van der Waals surface area (Å²) < 4.78 is 56.1. The second-order valence-electron chi connectivity index (χ2n) is 9.67. The summed E-state index contributed by atoms with van der Waals surface area (Å²) in [5.41, 5.74) is 10.4. The first-order chi connectivity index (χ1) is 19.1. The van der Waals surface area contributed by atoms with Gasteiger partial charge in [-0.1, -0.05) is 41.0 Å². The largest absolute Gasteiger partial charge is 0.324 e. The van der Waals surface area contributed by atoms with Crippen molar-refractivity contribution in [2.75, 3.05) is 5.32 Å².